The van der Waals surface area contributed by atoms with Crippen molar-refractivity contribution in [2.75, 3.05) is 9.80 Å². The third kappa shape index (κ3) is 5.83. The van der Waals surface area contributed by atoms with E-state index in [2.05, 4.69) is 229 Å². The number of rotatable bonds is 8. The Labute approximate surface area is 329 Å². The molecule has 0 atom stereocenters. The van der Waals surface area contributed by atoms with Crippen molar-refractivity contribution in [1.82, 2.24) is 0 Å². The van der Waals surface area contributed by atoms with Crippen LogP contribution in [-0.4, -0.2) is 8.07 Å². The van der Waals surface area contributed by atoms with Crippen molar-refractivity contribution in [2.45, 2.75) is 13.1 Å². The summed E-state index contributed by atoms with van der Waals surface area (Å²) < 4.78 is 6.89. The molecule has 8 aromatic carbocycles. The standard InChI is InChI=1S/C52H40N2OSi/c1-56(2)50-34-32-46(54(42-21-13-6-14-22-42)44-29-25-40(26-30-44)38-17-9-4-10-18-38)36-48(50)51-52(56)47-35-45(31-33-49(47)55-51)53(41-19-11-5-12-20-41)43-27-23-39(24-28-43)37-15-7-3-8-16-37/h3-36H,1-2H3. The number of hydrogen-bond acceptors (Lipinski definition) is 3. The summed E-state index contributed by atoms with van der Waals surface area (Å²) in [5.74, 6) is 1.01. The van der Waals surface area contributed by atoms with Gasteiger partial charge in [-0.15, -0.1) is 0 Å². The van der Waals surface area contributed by atoms with Crippen molar-refractivity contribution in [3.05, 3.63) is 206 Å². The minimum Gasteiger partial charge on any atom is -0.456 e. The Hall–Kier alpha value is -6.88. The molecule has 0 saturated heterocycles. The molecule has 56 heavy (non-hydrogen) atoms. The molecule has 4 heteroatoms. The lowest BCUT2D eigenvalue weighted by atomic mass is 10.0. The van der Waals surface area contributed by atoms with E-state index in [1.807, 2.05) is 0 Å². The third-order valence-corrected chi connectivity index (χ3v) is 14.8. The molecule has 0 N–H and O–H groups in total. The first-order valence-corrected chi connectivity index (χ1v) is 22.3. The largest absolute Gasteiger partial charge is 0.456 e. The molecule has 1 aliphatic heterocycles. The van der Waals surface area contributed by atoms with E-state index >= 15 is 0 Å². The third-order valence-electron chi connectivity index (χ3n) is 11.2. The highest BCUT2D eigenvalue weighted by molar-refractivity contribution is 7.05. The lowest BCUT2D eigenvalue weighted by molar-refractivity contribution is 0.635. The van der Waals surface area contributed by atoms with Crippen LogP contribution in [0.1, 0.15) is 0 Å². The minimum absolute atomic E-state index is 0.930. The van der Waals surface area contributed by atoms with Gasteiger partial charge in [0.15, 0.2) is 0 Å². The van der Waals surface area contributed by atoms with E-state index in [-0.39, 0.29) is 0 Å². The number of benzene rings is 8. The summed E-state index contributed by atoms with van der Waals surface area (Å²) in [6, 6.07) is 73.9. The first kappa shape index (κ1) is 33.7. The predicted molar refractivity (Wildman–Crippen MR) is 239 cm³/mol. The molecule has 0 bridgehead atoms. The van der Waals surface area contributed by atoms with Gasteiger partial charge < -0.3 is 14.2 Å². The molecule has 0 amide bonds. The zero-order valence-corrected chi connectivity index (χ0v) is 32.4. The lowest BCUT2D eigenvalue weighted by Gasteiger charge is -2.27. The number of nitrogens with zero attached hydrogens (tertiary/aromatic N) is 2. The van der Waals surface area contributed by atoms with Crippen LogP contribution in [0, 0.1) is 0 Å². The van der Waals surface area contributed by atoms with E-state index in [0.717, 1.165) is 45.5 Å². The predicted octanol–water partition coefficient (Wildman–Crippen LogP) is 13.5. The van der Waals surface area contributed by atoms with E-state index < -0.39 is 8.07 Å². The molecule has 0 fully saturated rings. The van der Waals surface area contributed by atoms with Gasteiger partial charge in [0.25, 0.3) is 0 Å². The zero-order valence-electron chi connectivity index (χ0n) is 31.4. The van der Waals surface area contributed by atoms with Gasteiger partial charge in [-0.3, -0.25) is 0 Å². The Balaban J connectivity index is 1.07. The Morgan fingerprint density at radius 2 is 0.768 bits per heavy atom. The van der Waals surface area contributed by atoms with Crippen molar-refractivity contribution >= 4 is 63.5 Å². The average Bonchev–Trinajstić information content (AvgIpc) is 3.75. The Kier molecular flexibility index (Phi) is 8.27. The first-order chi connectivity index (χ1) is 27.5. The van der Waals surface area contributed by atoms with Crippen LogP contribution in [0.25, 0.3) is 44.5 Å². The Bertz CT molecular complexity index is 2800. The molecule has 1 aromatic heterocycles. The van der Waals surface area contributed by atoms with Crippen LogP contribution in [0.5, 0.6) is 0 Å². The number of hydrogen-bond donors (Lipinski definition) is 0. The van der Waals surface area contributed by atoms with Crippen LogP contribution in [0.2, 0.25) is 13.1 Å². The molecule has 268 valence electrons. The highest BCUT2D eigenvalue weighted by Gasteiger charge is 2.42. The van der Waals surface area contributed by atoms with Gasteiger partial charge in [0.1, 0.15) is 19.4 Å². The minimum atomic E-state index is -2.15. The molecule has 9 aromatic rings. The zero-order chi connectivity index (χ0) is 37.6. The fourth-order valence-corrected chi connectivity index (χ4v) is 11.7. The summed E-state index contributed by atoms with van der Waals surface area (Å²) >= 11 is 0. The SMILES string of the molecule is C[Si]1(C)c2ccc(N(c3ccccc3)c3ccc(-c4ccccc4)cc3)cc2-c2oc3ccc(N(c4ccccc4)c4ccc(-c5ccccc5)cc4)cc3c21. The Morgan fingerprint density at radius 3 is 1.27 bits per heavy atom. The van der Waals surface area contributed by atoms with Crippen LogP contribution in [0.3, 0.4) is 0 Å². The van der Waals surface area contributed by atoms with E-state index in [4.69, 9.17) is 4.42 Å². The number of para-hydroxylation sites is 2. The van der Waals surface area contributed by atoms with Gasteiger partial charge in [0.05, 0.1) is 0 Å². The first-order valence-electron chi connectivity index (χ1n) is 19.3. The number of fused-ring (bicyclic) bond motifs is 5. The molecule has 0 aliphatic carbocycles. The van der Waals surface area contributed by atoms with Gasteiger partial charge in [-0.2, -0.15) is 0 Å². The van der Waals surface area contributed by atoms with Crippen LogP contribution in [0.4, 0.5) is 34.1 Å². The molecule has 1 aliphatic rings. The van der Waals surface area contributed by atoms with Gasteiger partial charge in [-0.1, -0.05) is 140 Å². The normalized spacial score (nSPS) is 12.6. The number of furan rings is 1. The highest BCUT2D eigenvalue weighted by atomic mass is 28.3. The average molecular weight is 737 g/mol. The van der Waals surface area contributed by atoms with Gasteiger partial charge in [0, 0.05) is 45.1 Å². The van der Waals surface area contributed by atoms with Crippen LogP contribution in [0.15, 0.2) is 211 Å². The summed E-state index contributed by atoms with van der Waals surface area (Å²) in [6.07, 6.45) is 0. The van der Waals surface area contributed by atoms with Gasteiger partial charge >= 0.3 is 0 Å². The summed E-state index contributed by atoms with van der Waals surface area (Å²) in [5.41, 5.74) is 13.6. The van der Waals surface area contributed by atoms with Crippen molar-refractivity contribution in [1.29, 1.82) is 0 Å². The second-order valence-electron chi connectivity index (χ2n) is 15.0. The summed E-state index contributed by atoms with van der Waals surface area (Å²) in [6.45, 7) is 4.93. The summed E-state index contributed by atoms with van der Waals surface area (Å²) in [7, 11) is -2.15. The molecular formula is C52H40N2OSi. The van der Waals surface area contributed by atoms with Crippen LogP contribution in [-0.2, 0) is 0 Å². The molecule has 3 nitrogen and oxygen atoms in total. The van der Waals surface area contributed by atoms with Crippen molar-refractivity contribution in [3.8, 4) is 33.6 Å². The maximum absolute atomic E-state index is 6.89. The number of anilines is 6. The second-order valence-corrected chi connectivity index (χ2v) is 19.3. The molecular weight excluding hydrogens is 697 g/mol. The molecule has 0 saturated carbocycles. The molecule has 0 radical (unpaired) electrons. The van der Waals surface area contributed by atoms with Crippen molar-refractivity contribution in [2.24, 2.45) is 0 Å². The smallest absolute Gasteiger partial charge is 0.135 e. The molecule has 0 unspecified atom stereocenters. The van der Waals surface area contributed by atoms with Crippen molar-refractivity contribution in [3.63, 3.8) is 0 Å². The van der Waals surface area contributed by atoms with E-state index in [9.17, 15) is 0 Å². The summed E-state index contributed by atoms with van der Waals surface area (Å²) in [5, 5.41) is 3.98. The summed E-state index contributed by atoms with van der Waals surface area (Å²) in [4.78, 5) is 4.70. The fourth-order valence-electron chi connectivity index (χ4n) is 8.49. The van der Waals surface area contributed by atoms with Gasteiger partial charge in [0.2, 0.25) is 0 Å². The van der Waals surface area contributed by atoms with E-state index in [0.29, 0.717) is 0 Å². The van der Waals surface area contributed by atoms with E-state index in [1.165, 1.54) is 43.6 Å². The van der Waals surface area contributed by atoms with Gasteiger partial charge in [-0.25, -0.2) is 0 Å². The monoisotopic (exact) mass is 736 g/mol. The maximum atomic E-state index is 6.89. The highest BCUT2D eigenvalue weighted by Crippen LogP contribution is 2.43. The van der Waals surface area contributed by atoms with Gasteiger partial charge in [-0.05, 0) is 111 Å². The van der Waals surface area contributed by atoms with Crippen LogP contribution >= 0.6 is 0 Å². The molecule has 0 spiro atoms. The van der Waals surface area contributed by atoms with Crippen LogP contribution < -0.4 is 20.2 Å². The maximum Gasteiger partial charge on any atom is 0.135 e. The lowest BCUT2D eigenvalue weighted by Crippen LogP contribution is -2.49. The molecule has 2 heterocycles. The quantitative estimate of drug-likeness (QED) is 0.145. The van der Waals surface area contributed by atoms with E-state index in [1.54, 1.807) is 0 Å². The topological polar surface area (TPSA) is 19.6 Å². The molecule has 10 rings (SSSR count). The Morgan fingerprint density at radius 1 is 0.375 bits per heavy atom. The second kappa shape index (κ2) is 13.8. The fraction of sp³-hybridized carbons (Fsp3) is 0.0385. The van der Waals surface area contributed by atoms with Crippen molar-refractivity contribution < 1.29 is 4.42 Å².